The number of pyridine rings is 1. The number of carbonyl (C=O) groups excluding carboxylic acids is 1. The number of carbonyl (C=O) groups is 1. The van der Waals surface area contributed by atoms with E-state index in [1.54, 1.807) is 6.20 Å². The molecule has 1 aliphatic heterocycles. The Morgan fingerprint density at radius 2 is 2.30 bits per heavy atom. The molecule has 4 heteroatoms. The summed E-state index contributed by atoms with van der Waals surface area (Å²) in [5, 5.41) is 0. The molecule has 0 radical (unpaired) electrons. The van der Waals surface area contributed by atoms with Crippen molar-refractivity contribution in [2.75, 3.05) is 6.54 Å². The number of fused-ring (bicyclic) bond motifs is 1. The topological polar surface area (TPSA) is 38.1 Å². The molecular weight excluding hydrogens is 250 g/mol. The normalized spacial score (nSPS) is 14.2. The van der Waals surface area contributed by atoms with Crippen LogP contribution in [-0.4, -0.2) is 26.9 Å². The van der Waals surface area contributed by atoms with Gasteiger partial charge in [-0.1, -0.05) is 6.07 Å². The molecule has 0 fully saturated rings. The van der Waals surface area contributed by atoms with Crippen molar-refractivity contribution < 1.29 is 4.79 Å². The van der Waals surface area contributed by atoms with Gasteiger partial charge in [0.05, 0.1) is 0 Å². The van der Waals surface area contributed by atoms with Gasteiger partial charge in [0, 0.05) is 57.3 Å². The van der Waals surface area contributed by atoms with Crippen molar-refractivity contribution in [1.82, 2.24) is 14.5 Å². The lowest BCUT2D eigenvalue weighted by Crippen LogP contribution is -2.36. The molecule has 104 valence electrons. The third kappa shape index (κ3) is 2.59. The highest BCUT2D eigenvalue weighted by atomic mass is 16.2. The van der Waals surface area contributed by atoms with Gasteiger partial charge in [0.25, 0.3) is 0 Å². The molecule has 0 aliphatic carbocycles. The molecule has 0 saturated heterocycles. The minimum absolute atomic E-state index is 0.239. The van der Waals surface area contributed by atoms with Crippen LogP contribution in [0.15, 0.2) is 36.8 Å². The third-order valence-corrected chi connectivity index (χ3v) is 3.98. The first-order valence-electron chi connectivity index (χ1n) is 7.04. The van der Waals surface area contributed by atoms with Crippen molar-refractivity contribution in [3.05, 3.63) is 53.6 Å². The third-order valence-electron chi connectivity index (χ3n) is 3.98. The lowest BCUT2D eigenvalue weighted by Gasteiger charge is -2.28. The smallest absolute Gasteiger partial charge is 0.223 e. The summed E-state index contributed by atoms with van der Waals surface area (Å²) in [5.41, 5.74) is 3.77. The first kappa shape index (κ1) is 12.9. The number of rotatable bonds is 3. The molecule has 4 nitrogen and oxygen atoms in total. The predicted molar refractivity (Wildman–Crippen MR) is 77.1 cm³/mol. The largest absolute Gasteiger partial charge is 0.354 e. The minimum atomic E-state index is 0.239. The molecule has 0 bridgehead atoms. The van der Waals surface area contributed by atoms with Crippen molar-refractivity contribution in [2.24, 2.45) is 7.05 Å². The first-order valence-corrected chi connectivity index (χ1v) is 7.04. The van der Waals surface area contributed by atoms with Gasteiger partial charge in [-0.25, -0.2) is 0 Å². The van der Waals surface area contributed by atoms with Crippen LogP contribution in [0.5, 0.6) is 0 Å². The molecule has 3 heterocycles. The van der Waals surface area contributed by atoms with E-state index in [0.717, 1.165) is 31.5 Å². The monoisotopic (exact) mass is 269 g/mol. The number of hydrogen-bond acceptors (Lipinski definition) is 2. The Morgan fingerprint density at radius 1 is 1.40 bits per heavy atom. The van der Waals surface area contributed by atoms with E-state index >= 15 is 0 Å². The average molecular weight is 269 g/mol. The van der Waals surface area contributed by atoms with Crippen LogP contribution in [0.3, 0.4) is 0 Å². The molecule has 0 N–H and O–H groups in total. The van der Waals surface area contributed by atoms with E-state index in [-0.39, 0.29) is 5.91 Å². The maximum Gasteiger partial charge on any atom is 0.223 e. The number of aryl methyl sites for hydroxylation is 2. The fraction of sp³-hybridized carbons (Fsp3) is 0.375. The zero-order valence-electron chi connectivity index (χ0n) is 11.7. The molecule has 3 rings (SSSR count). The lowest BCUT2D eigenvalue weighted by molar-refractivity contribution is -0.132. The average Bonchev–Trinajstić information content (AvgIpc) is 2.87. The Bertz CT molecular complexity index is 603. The summed E-state index contributed by atoms with van der Waals surface area (Å²) in [7, 11) is 2.07. The van der Waals surface area contributed by atoms with Crippen molar-refractivity contribution >= 4 is 5.91 Å². The number of amides is 1. The van der Waals surface area contributed by atoms with Crippen LogP contribution < -0.4 is 0 Å². The maximum absolute atomic E-state index is 12.3. The molecule has 20 heavy (non-hydrogen) atoms. The highest BCUT2D eigenvalue weighted by Gasteiger charge is 2.21. The van der Waals surface area contributed by atoms with Gasteiger partial charge in [-0.3, -0.25) is 9.78 Å². The molecular formula is C16H19N3O. The van der Waals surface area contributed by atoms with E-state index in [9.17, 15) is 4.79 Å². The van der Waals surface area contributed by atoms with Crippen LogP contribution in [0, 0.1) is 0 Å². The maximum atomic E-state index is 12.3. The van der Waals surface area contributed by atoms with Crippen LogP contribution in [0.2, 0.25) is 0 Å². The lowest BCUT2D eigenvalue weighted by atomic mass is 10.1. The molecule has 2 aromatic rings. The molecule has 0 aromatic carbocycles. The van der Waals surface area contributed by atoms with E-state index in [1.807, 2.05) is 23.2 Å². The summed E-state index contributed by atoms with van der Waals surface area (Å²) < 4.78 is 2.16. The van der Waals surface area contributed by atoms with Crippen LogP contribution in [0.4, 0.5) is 0 Å². The second-order valence-corrected chi connectivity index (χ2v) is 5.33. The van der Waals surface area contributed by atoms with Gasteiger partial charge in [0.1, 0.15) is 0 Å². The highest BCUT2D eigenvalue weighted by molar-refractivity contribution is 5.76. The van der Waals surface area contributed by atoms with Gasteiger partial charge in [0.15, 0.2) is 0 Å². The molecule has 2 aromatic heterocycles. The van der Waals surface area contributed by atoms with E-state index in [0.29, 0.717) is 6.42 Å². The summed E-state index contributed by atoms with van der Waals surface area (Å²) in [6.07, 6.45) is 7.95. The van der Waals surface area contributed by atoms with Gasteiger partial charge < -0.3 is 9.47 Å². The Hall–Kier alpha value is -2.10. The second-order valence-electron chi connectivity index (χ2n) is 5.33. The molecule has 1 amide bonds. The highest BCUT2D eigenvalue weighted by Crippen LogP contribution is 2.20. The van der Waals surface area contributed by atoms with Gasteiger partial charge >= 0.3 is 0 Å². The van der Waals surface area contributed by atoms with Crippen molar-refractivity contribution in [2.45, 2.75) is 25.8 Å². The molecule has 1 aliphatic rings. The molecule has 0 spiro atoms. The van der Waals surface area contributed by atoms with Crippen molar-refractivity contribution in [1.29, 1.82) is 0 Å². The quantitative estimate of drug-likeness (QED) is 0.854. The standard InChI is InChI=1S/C16H19N3O/c1-18-9-6-14-12-19(10-7-15(14)18)16(20)5-4-13-3-2-8-17-11-13/h2-3,6,8-9,11H,4-5,7,10,12H2,1H3. The summed E-state index contributed by atoms with van der Waals surface area (Å²) in [6, 6.07) is 6.05. The molecule has 0 saturated carbocycles. The van der Waals surface area contributed by atoms with Gasteiger partial charge in [-0.05, 0) is 29.7 Å². The van der Waals surface area contributed by atoms with Gasteiger partial charge in [-0.15, -0.1) is 0 Å². The fourth-order valence-corrected chi connectivity index (χ4v) is 2.79. The van der Waals surface area contributed by atoms with E-state index in [1.165, 1.54) is 11.3 Å². The predicted octanol–water partition coefficient (Wildman–Crippen LogP) is 1.94. The van der Waals surface area contributed by atoms with Crippen LogP contribution in [0.25, 0.3) is 0 Å². The molecule has 0 atom stereocenters. The Kier molecular flexibility index (Phi) is 3.54. The number of aromatic nitrogens is 2. The van der Waals surface area contributed by atoms with Crippen molar-refractivity contribution in [3.8, 4) is 0 Å². The van der Waals surface area contributed by atoms with E-state index in [4.69, 9.17) is 0 Å². The fourth-order valence-electron chi connectivity index (χ4n) is 2.79. The summed E-state index contributed by atoms with van der Waals surface area (Å²) in [6.45, 7) is 1.58. The van der Waals surface area contributed by atoms with Crippen LogP contribution >= 0.6 is 0 Å². The summed E-state index contributed by atoms with van der Waals surface area (Å²) >= 11 is 0. The van der Waals surface area contributed by atoms with Crippen LogP contribution in [0.1, 0.15) is 23.2 Å². The Morgan fingerprint density at radius 3 is 3.10 bits per heavy atom. The zero-order chi connectivity index (χ0) is 13.9. The summed E-state index contributed by atoms with van der Waals surface area (Å²) in [5.74, 6) is 0.239. The van der Waals surface area contributed by atoms with Crippen LogP contribution in [-0.2, 0) is 31.2 Å². The number of hydrogen-bond donors (Lipinski definition) is 0. The SMILES string of the molecule is Cn1ccc2c1CCN(C(=O)CCc1cccnc1)C2. The minimum Gasteiger partial charge on any atom is -0.354 e. The van der Waals surface area contributed by atoms with E-state index < -0.39 is 0 Å². The Labute approximate surface area is 119 Å². The second kappa shape index (κ2) is 5.49. The van der Waals surface area contributed by atoms with E-state index in [2.05, 4.69) is 28.9 Å². The summed E-state index contributed by atoms with van der Waals surface area (Å²) in [4.78, 5) is 18.3. The first-order chi connectivity index (χ1) is 9.74. The van der Waals surface area contributed by atoms with Gasteiger partial charge in [-0.2, -0.15) is 0 Å². The zero-order valence-corrected chi connectivity index (χ0v) is 11.7. The van der Waals surface area contributed by atoms with Gasteiger partial charge in [0.2, 0.25) is 5.91 Å². The number of nitrogens with zero attached hydrogens (tertiary/aromatic N) is 3. The Balaban J connectivity index is 1.59. The van der Waals surface area contributed by atoms with Crippen molar-refractivity contribution in [3.63, 3.8) is 0 Å². The molecule has 0 unspecified atom stereocenters.